The molecule has 0 unspecified atom stereocenters. The third-order valence-corrected chi connectivity index (χ3v) is 2.77. The van der Waals surface area contributed by atoms with Gasteiger partial charge in [-0.25, -0.2) is 0 Å². The number of alkyl halides is 6. The van der Waals surface area contributed by atoms with Crippen molar-refractivity contribution in [3.8, 4) is 0 Å². The van der Waals surface area contributed by atoms with Gasteiger partial charge in [-0.1, -0.05) is 15.9 Å². The molecule has 0 radical (unpaired) electrons. The van der Waals surface area contributed by atoms with Gasteiger partial charge in [0.25, 0.3) is 0 Å². The fourth-order valence-corrected chi connectivity index (χ4v) is 1.87. The number of aliphatic hydroxyl groups excluding tert-OH is 1. The molecular weight excluding hydrogens is 344 g/mol. The molecule has 0 fully saturated rings. The quantitative estimate of drug-likeness (QED) is 0.802. The zero-order valence-electron chi connectivity index (χ0n) is 9.06. The summed E-state index contributed by atoms with van der Waals surface area (Å²) in [6.07, 6.45) is -12.7. The van der Waals surface area contributed by atoms with E-state index in [1.807, 2.05) is 0 Å². The molecule has 0 aliphatic carbocycles. The van der Waals surface area contributed by atoms with Crippen LogP contribution in [0.4, 0.5) is 26.3 Å². The van der Waals surface area contributed by atoms with Crippen molar-refractivity contribution in [1.82, 2.24) is 0 Å². The first-order valence-corrected chi connectivity index (χ1v) is 5.60. The minimum Gasteiger partial charge on any atom is -0.382 e. The van der Waals surface area contributed by atoms with Crippen LogP contribution in [0.3, 0.4) is 0 Å². The van der Waals surface area contributed by atoms with E-state index >= 15 is 0 Å². The van der Waals surface area contributed by atoms with E-state index in [4.69, 9.17) is 10.8 Å². The molecule has 0 amide bonds. The van der Waals surface area contributed by atoms with Crippen LogP contribution in [0.2, 0.25) is 0 Å². The van der Waals surface area contributed by atoms with Crippen molar-refractivity contribution in [2.75, 3.05) is 0 Å². The van der Waals surface area contributed by atoms with Gasteiger partial charge >= 0.3 is 12.4 Å². The molecular formula is C10H8BrF6NO. The molecule has 0 bridgehead atoms. The summed E-state index contributed by atoms with van der Waals surface area (Å²) < 4.78 is 74.2. The molecule has 3 N–H and O–H groups in total. The van der Waals surface area contributed by atoms with Gasteiger partial charge in [0.1, 0.15) is 0 Å². The number of rotatable bonds is 2. The summed E-state index contributed by atoms with van der Waals surface area (Å²) in [7, 11) is 0. The van der Waals surface area contributed by atoms with Crippen LogP contribution in [0.25, 0.3) is 0 Å². The molecule has 0 saturated heterocycles. The minimum absolute atomic E-state index is 0.0813. The summed E-state index contributed by atoms with van der Waals surface area (Å²) >= 11 is 2.75. The highest BCUT2D eigenvalue weighted by molar-refractivity contribution is 9.10. The van der Waals surface area contributed by atoms with Gasteiger partial charge in [0.15, 0.2) is 6.10 Å². The second-order valence-electron chi connectivity index (χ2n) is 3.78. The van der Waals surface area contributed by atoms with Crippen LogP contribution in [0, 0.1) is 0 Å². The molecule has 0 aromatic heterocycles. The largest absolute Gasteiger partial charge is 0.416 e. The van der Waals surface area contributed by atoms with E-state index in [1.54, 1.807) is 0 Å². The zero-order valence-corrected chi connectivity index (χ0v) is 10.6. The van der Waals surface area contributed by atoms with Crippen molar-refractivity contribution in [3.05, 3.63) is 33.8 Å². The molecule has 0 heterocycles. The van der Waals surface area contributed by atoms with Gasteiger partial charge in [0, 0.05) is 4.47 Å². The highest BCUT2D eigenvalue weighted by atomic mass is 79.9. The monoisotopic (exact) mass is 351 g/mol. The van der Waals surface area contributed by atoms with E-state index in [1.165, 1.54) is 0 Å². The smallest absolute Gasteiger partial charge is 0.382 e. The highest BCUT2D eigenvalue weighted by Gasteiger charge is 2.43. The Bertz CT molecular complexity index is 458. The molecule has 0 aliphatic rings. The summed E-state index contributed by atoms with van der Waals surface area (Å²) in [4.78, 5) is 0. The van der Waals surface area contributed by atoms with Crippen LogP contribution in [0.1, 0.15) is 17.2 Å². The first kappa shape index (κ1) is 16.3. The Balaban J connectivity index is 3.18. The fraction of sp³-hybridized carbons (Fsp3) is 0.400. The van der Waals surface area contributed by atoms with Crippen LogP contribution < -0.4 is 5.73 Å². The molecule has 0 spiro atoms. The summed E-state index contributed by atoms with van der Waals surface area (Å²) in [5.74, 6) is 0. The zero-order chi connectivity index (χ0) is 15.0. The maximum Gasteiger partial charge on any atom is 0.416 e. The van der Waals surface area contributed by atoms with Crippen molar-refractivity contribution in [1.29, 1.82) is 0 Å². The van der Waals surface area contributed by atoms with Crippen LogP contribution in [0.5, 0.6) is 0 Å². The third-order valence-electron chi connectivity index (χ3n) is 2.31. The minimum atomic E-state index is -5.01. The predicted octanol–water partition coefficient (Wildman–Crippen LogP) is 3.39. The lowest BCUT2D eigenvalue weighted by Crippen LogP contribution is -2.38. The van der Waals surface area contributed by atoms with E-state index in [9.17, 15) is 26.3 Å². The summed E-state index contributed by atoms with van der Waals surface area (Å²) in [6, 6.07) is 0.175. The van der Waals surface area contributed by atoms with E-state index in [-0.39, 0.29) is 4.47 Å². The van der Waals surface area contributed by atoms with Gasteiger partial charge in [0.2, 0.25) is 0 Å². The van der Waals surface area contributed by atoms with Gasteiger partial charge in [-0.05, 0) is 23.8 Å². The van der Waals surface area contributed by atoms with Crippen molar-refractivity contribution >= 4 is 15.9 Å². The Kier molecular flexibility index (Phi) is 4.53. The van der Waals surface area contributed by atoms with E-state index in [0.717, 1.165) is 6.07 Å². The molecule has 2 atom stereocenters. The van der Waals surface area contributed by atoms with Crippen molar-refractivity contribution in [2.24, 2.45) is 5.73 Å². The van der Waals surface area contributed by atoms with Crippen LogP contribution in [-0.4, -0.2) is 17.4 Å². The normalized spacial score (nSPS) is 16.3. The van der Waals surface area contributed by atoms with E-state index < -0.39 is 35.6 Å². The lowest BCUT2D eigenvalue weighted by atomic mass is 9.99. The number of hydrogen-bond acceptors (Lipinski definition) is 2. The predicted molar refractivity (Wildman–Crippen MR) is 58.1 cm³/mol. The number of nitrogens with two attached hydrogens (primary N) is 1. The van der Waals surface area contributed by atoms with Crippen LogP contribution in [-0.2, 0) is 6.18 Å². The first-order chi connectivity index (χ1) is 8.43. The van der Waals surface area contributed by atoms with Gasteiger partial charge in [-0.3, -0.25) is 0 Å². The molecule has 108 valence electrons. The van der Waals surface area contributed by atoms with Crippen molar-refractivity contribution in [2.45, 2.75) is 24.5 Å². The Morgan fingerprint density at radius 1 is 1.05 bits per heavy atom. The molecule has 1 aromatic rings. The number of halogens is 7. The maximum absolute atomic E-state index is 12.5. The molecule has 1 aromatic carbocycles. The van der Waals surface area contributed by atoms with E-state index in [2.05, 4.69) is 15.9 Å². The highest BCUT2D eigenvalue weighted by Crippen LogP contribution is 2.35. The van der Waals surface area contributed by atoms with Gasteiger partial charge in [-0.15, -0.1) is 0 Å². The molecule has 19 heavy (non-hydrogen) atoms. The summed E-state index contributed by atoms with van der Waals surface area (Å²) in [5, 5.41) is 8.95. The maximum atomic E-state index is 12.5. The average molecular weight is 352 g/mol. The van der Waals surface area contributed by atoms with Gasteiger partial charge in [-0.2, -0.15) is 26.3 Å². The van der Waals surface area contributed by atoms with Crippen LogP contribution in [0.15, 0.2) is 22.7 Å². The van der Waals surface area contributed by atoms with Gasteiger partial charge in [0.05, 0.1) is 11.6 Å². The Morgan fingerprint density at radius 2 is 1.58 bits per heavy atom. The molecule has 0 saturated carbocycles. The molecule has 9 heteroatoms. The summed E-state index contributed by atoms with van der Waals surface area (Å²) in [5.41, 5.74) is 3.53. The topological polar surface area (TPSA) is 46.2 Å². The SMILES string of the molecule is N[C@@H](c1cc(Br)cc(C(F)(F)F)c1)[C@H](O)C(F)(F)F. The Hall–Kier alpha value is -0.800. The average Bonchev–Trinajstić information content (AvgIpc) is 2.23. The number of aliphatic hydroxyl groups is 1. The van der Waals surface area contributed by atoms with Crippen molar-refractivity contribution < 1.29 is 31.4 Å². The summed E-state index contributed by atoms with van der Waals surface area (Å²) in [6.45, 7) is 0. The number of benzene rings is 1. The second kappa shape index (κ2) is 5.29. The van der Waals surface area contributed by atoms with Gasteiger partial charge < -0.3 is 10.8 Å². The molecule has 0 aliphatic heterocycles. The first-order valence-electron chi connectivity index (χ1n) is 4.81. The molecule has 1 rings (SSSR count). The number of hydrogen-bond donors (Lipinski definition) is 2. The van der Waals surface area contributed by atoms with Crippen LogP contribution >= 0.6 is 15.9 Å². The third kappa shape index (κ3) is 4.08. The standard InChI is InChI=1S/C10H8BrF6NO/c11-6-2-4(1-5(3-6)9(12,13)14)7(18)8(19)10(15,16)17/h1-3,7-8,19H,18H2/t7-,8-/m0/s1. The Labute approximate surface area is 112 Å². The second-order valence-corrected chi connectivity index (χ2v) is 4.70. The molecule has 2 nitrogen and oxygen atoms in total. The van der Waals surface area contributed by atoms with Crippen molar-refractivity contribution in [3.63, 3.8) is 0 Å². The fourth-order valence-electron chi connectivity index (χ4n) is 1.35. The lowest BCUT2D eigenvalue weighted by molar-refractivity contribution is -0.210. The van der Waals surface area contributed by atoms with E-state index in [0.29, 0.717) is 12.1 Å². The lowest BCUT2D eigenvalue weighted by Gasteiger charge is -2.22. The Morgan fingerprint density at radius 3 is 2.00 bits per heavy atom.